The summed E-state index contributed by atoms with van der Waals surface area (Å²) in [4.78, 5) is 64.5. The minimum atomic E-state index is -1.22. The van der Waals surface area contributed by atoms with E-state index in [2.05, 4.69) is 52.3 Å². The van der Waals surface area contributed by atoms with Crippen LogP contribution in [0.3, 0.4) is 0 Å². The summed E-state index contributed by atoms with van der Waals surface area (Å²) in [6, 6.07) is 0. The maximum absolute atomic E-state index is 14.6. The molecule has 0 aromatic carbocycles. The highest BCUT2D eigenvalue weighted by atomic mass is 35.5. The van der Waals surface area contributed by atoms with Crippen LogP contribution in [0.15, 0.2) is 0 Å². The topological polar surface area (TPSA) is 239 Å². The van der Waals surface area contributed by atoms with Gasteiger partial charge in [0, 0.05) is 13.1 Å². The lowest BCUT2D eigenvalue weighted by Crippen LogP contribution is -2.49. The smallest absolute Gasteiger partial charge is 0.404 e. The van der Waals surface area contributed by atoms with Crippen molar-refractivity contribution in [1.82, 2.24) is 41.4 Å². The number of anilines is 4. The molecule has 2 aliphatic heterocycles. The lowest BCUT2D eigenvalue weighted by molar-refractivity contribution is -0.125. The minimum Gasteiger partial charge on any atom is -0.465 e. The summed E-state index contributed by atoms with van der Waals surface area (Å²) in [7, 11) is 0. The van der Waals surface area contributed by atoms with Crippen LogP contribution in [0.2, 0.25) is 10.6 Å². The number of hydrazine groups is 2. The molecule has 8 N–H and O–H groups in total. The van der Waals surface area contributed by atoms with Crippen LogP contribution in [-0.2, 0) is 9.59 Å². The van der Waals surface area contributed by atoms with E-state index < -0.39 is 59.8 Å². The second-order valence-electron chi connectivity index (χ2n) is 14.7. The second kappa shape index (κ2) is 20.7. The molecule has 4 aliphatic rings. The first-order valence-corrected chi connectivity index (χ1v) is 19.7. The Hall–Kier alpha value is -4.86. The van der Waals surface area contributed by atoms with Crippen LogP contribution in [0, 0.1) is 35.3 Å². The van der Waals surface area contributed by atoms with E-state index in [1.807, 2.05) is 0 Å². The molecule has 18 nitrogen and oxygen atoms in total. The summed E-state index contributed by atoms with van der Waals surface area (Å²) in [5.74, 6) is -4.25. The minimum absolute atomic E-state index is 0.000379. The molecule has 0 radical (unpaired) electrons. The van der Waals surface area contributed by atoms with Crippen molar-refractivity contribution in [2.45, 2.75) is 76.6 Å². The summed E-state index contributed by atoms with van der Waals surface area (Å²) in [6.07, 6.45) is 4.84. The molecule has 2 aromatic heterocycles. The van der Waals surface area contributed by atoms with Crippen LogP contribution >= 0.6 is 23.2 Å². The Morgan fingerprint density at radius 3 is 1.29 bits per heavy atom. The zero-order valence-corrected chi connectivity index (χ0v) is 32.8. The number of aromatic nitrogens is 4. The van der Waals surface area contributed by atoms with Crippen LogP contribution < -0.4 is 42.1 Å². The average Bonchev–Trinajstić information content (AvgIpc) is 3.88. The van der Waals surface area contributed by atoms with Gasteiger partial charge in [-0.2, -0.15) is 28.7 Å². The maximum atomic E-state index is 14.6. The van der Waals surface area contributed by atoms with Crippen molar-refractivity contribution in [2.75, 3.05) is 59.9 Å². The fraction of sp³-hybridized carbons (Fsp3) is 0.647. The van der Waals surface area contributed by atoms with Gasteiger partial charge in [-0.05, 0) is 47.9 Å². The van der Waals surface area contributed by atoms with Gasteiger partial charge < -0.3 is 30.6 Å². The third kappa shape index (κ3) is 12.6. The number of carbonyl (C=O) groups is 4. The number of carbonyl (C=O) groups excluding carboxylic acids is 2. The lowest BCUT2D eigenvalue weighted by Gasteiger charge is -2.35. The monoisotopic (exact) mass is 864 g/mol. The van der Waals surface area contributed by atoms with Crippen LogP contribution in [0.5, 0.6) is 0 Å². The normalized spacial score (nSPS) is 18.2. The van der Waals surface area contributed by atoms with Gasteiger partial charge in [-0.25, -0.2) is 18.4 Å². The van der Waals surface area contributed by atoms with E-state index in [9.17, 15) is 36.7 Å². The Kier molecular flexibility index (Phi) is 15.8. The number of nitrogens with zero attached hydrogens (tertiary/aromatic N) is 6. The third-order valence-electron chi connectivity index (χ3n) is 10.4. The summed E-state index contributed by atoms with van der Waals surface area (Å²) < 4.78 is 55.4. The van der Waals surface area contributed by atoms with Crippen molar-refractivity contribution in [3.63, 3.8) is 0 Å². The molecule has 4 heterocycles. The Morgan fingerprint density at radius 1 is 0.638 bits per heavy atom. The SMILES string of the molecule is O=C(O)NC[C@@H](CC1CCCC1)C(=O)NNc1nc(Cl)nc(N2CC(F)C2)c1F.O=C(O)NC[C@@H](CC1CCCC1)C(=O)NNc1nc(Cl)nc(N2CC(F)C2)c1F. The van der Waals surface area contributed by atoms with Crippen molar-refractivity contribution in [3.05, 3.63) is 22.2 Å². The van der Waals surface area contributed by atoms with Crippen molar-refractivity contribution < 1.29 is 47.0 Å². The largest absolute Gasteiger partial charge is 0.465 e. The molecule has 6 rings (SSSR count). The molecule has 4 fully saturated rings. The Bertz CT molecular complexity index is 1640. The van der Waals surface area contributed by atoms with E-state index in [1.165, 1.54) is 9.80 Å². The number of halogens is 6. The molecule has 58 heavy (non-hydrogen) atoms. The van der Waals surface area contributed by atoms with E-state index >= 15 is 0 Å². The maximum Gasteiger partial charge on any atom is 0.404 e. The highest BCUT2D eigenvalue weighted by molar-refractivity contribution is 6.28. The number of nitrogens with one attached hydrogen (secondary N) is 6. The molecule has 2 aliphatic carbocycles. The lowest BCUT2D eigenvalue weighted by atomic mass is 9.92. The van der Waals surface area contributed by atoms with Crippen molar-refractivity contribution in [3.8, 4) is 0 Å². The Morgan fingerprint density at radius 2 is 0.983 bits per heavy atom. The zero-order valence-electron chi connectivity index (χ0n) is 31.3. The zero-order chi connectivity index (χ0) is 41.9. The van der Waals surface area contributed by atoms with E-state index in [4.69, 9.17) is 33.4 Å². The van der Waals surface area contributed by atoms with Gasteiger partial charge in [-0.1, -0.05) is 51.4 Å². The Balaban J connectivity index is 0.000000221. The number of hydrogen-bond donors (Lipinski definition) is 8. The van der Waals surface area contributed by atoms with Crippen LogP contribution in [0.1, 0.15) is 64.2 Å². The molecule has 0 spiro atoms. The number of alkyl halides is 2. The van der Waals surface area contributed by atoms with Gasteiger partial charge in [-0.15, -0.1) is 0 Å². The summed E-state index contributed by atoms with van der Waals surface area (Å²) >= 11 is 11.6. The molecule has 2 saturated carbocycles. The van der Waals surface area contributed by atoms with Crippen LogP contribution in [0.25, 0.3) is 0 Å². The van der Waals surface area contributed by atoms with E-state index in [0.29, 0.717) is 24.7 Å². The predicted octanol–water partition coefficient (Wildman–Crippen LogP) is 4.67. The number of hydrogen-bond acceptors (Lipinski definition) is 12. The van der Waals surface area contributed by atoms with Gasteiger partial charge >= 0.3 is 12.2 Å². The highest BCUT2D eigenvalue weighted by Crippen LogP contribution is 2.33. The Labute approximate surface area is 340 Å². The molecule has 24 heteroatoms. The van der Waals surface area contributed by atoms with Gasteiger partial charge in [0.15, 0.2) is 23.3 Å². The van der Waals surface area contributed by atoms with Crippen LogP contribution in [0.4, 0.5) is 50.4 Å². The van der Waals surface area contributed by atoms with Crippen molar-refractivity contribution in [1.29, 1.82) is 0 Å². The fourth-order valence-corrected chi connectivity index (χ4v) is 7.66. The fourth-order valence-electron chi connectivity index (χ4n) is 7.33. The molecule has 2 aromatic rings. The average molecular weight is 866 g/mol. The van der Waals surface area contributed by atoms with Gasteiger partial charge in [0.2, 0.25) is 34.0 Å². The van der Waals surface area contributed by atoms with Crippen LogP contribution in [-0.4, -0.2) is 106 Å². The number of amides is 4. The van der Waals surface area contributed by atoms with Gasteiger partial charge in [-0.3, -0.25) is 31.3 Å². The molecular formula is C34H46Cl2F4N12O6. The van der Waals surface area contributed by atoms with Gasteiger partial charge in [0.05, 0.1) is 38.0 Å². The number of carboxylic acid groups (broad SMARTS) is 2. The van der Waals surface area contributed by atoms with Gasteiger partial charge in [0.25, 0.3) is 0 Å². The highest BCUT2D eigenvalue weighted by Gasteiger charge is 2.33. The number of rotatable bonds is 16. The molecular weight excluding hydrogens is 819 g/mol. The first-order chi connectivity index (χ1) is 27.7. The summed E-state index contributed by atoms with van der Waals surface area (Å²) in [5, 5.41) is 21.6. The van der Waals surface area contributed by atoms with E-state index in [1.54, 1.807) is 0 Å². The molecule has 320 valence electrons. The third-order valence-corrected chi connectivity index (χ3v) is 10.8. The van der Waals surface area contributed by atoms with E-state index in [-0.39, 0.29) is 73.1 Å². The summed E-state index contributed by atoms with van der Waals surface area (Å²) in [6.45, 7) is -0.103. The molecule has 4 amide bonds. The summed E-state index contributed by atoms with van der Waals surface area (Å²) in [5.41, 5.74) is 9.54. The van der Waals surface area contributed by atoms with Crippen molar-refractivity contribution >= 4 is 70.5 Å². The standard InChI is InChI=1S/2C17H23ClF2N6O3/c2*18-16-22-13(12(20)14(23-16)26-7-11(19)8-26)24-25-15(27)10(6-21-17(28)29)5-9-3-1-2-4-9/h2*9-11,21H,1-8H2,(H,25,27)(H,28,29)(H,22,23,24)/t2*10-/m11/s1. The quantitative estimate of drug-likeness (QED) is 0.0651. The molecule has 2 atom stereocenters. The molecule has 2 saturated heterocycles. The first kappa shape index (κ1) is 44.2. The second-order valence-corrected chi connectivity index (χ2v) is 15.4. The van der Waals surface area contributed by atoms with Gasteiger partial charge in [0.1, 0.15) is 12.3 Å². The molecule has 0 bridgehead atoms. The first-order valence-electron chi connectivity index (χ1n) is 19.0. The van der Waals surface area contributed by atoms with E-state index in [0.717, 1.165) is 51.4 Å². The predicted molar refractivity (Wildman–Crippen MR) is 204 cm³/mol. The molecule has 0 unspecified atom stereocenters. The van der Waals surface area contributed by atoms with Crippen molar-refractivity contribution in [2.24, 2.45) is 23.7 Å².